The Bertz CT molecular complexity index is 1030. The largest absolute Gasteiger partial charge is 0.316 e. The van der Waals surface area contributed by atoms with Gasteiger partial charge in [-0.25, -0.2) is 5.43 Å². The van der Waals surface area contributed by atoms with E-state index in [0.717, 1.165) is 27.5 Å². The summed E-state index contributed by atoms with van der Waals surface area (Å²) in [5, 5.41) is 5.12. The molecule has 1 amide bonds. The maximum Gasteiger partial charge on any atom is 0.240 e. The third-order valence-electron chi connectivity index (χ3n) is 4.38. The van der Waals surface area contributed by atoms with Gasteiger partial charge in [0.15, 0.2) is 0 Å². The number of hydrazone groups is 1. The molecule has 3 rings (SSSR count). The standard InChI is InChI=1S/C22H21Cl2N3OS/c1-15-13-17(16(2)27(15)20-10-6-9-19(23)22(20)24)14-25-26-21(28)11-12-29-18-7-4-3-5-8-18/h3-10,13-14H,11-12H2,1-2H3,(H,26,28)/b25-14-. The van der Waals surface area contributed by atoms with Crippen LogP contribution in [-0.4, -0.2) is 22.4 Å². The average Bonchev–Trinajstić information content (AvgIpc) is 2.98. The highest BCUT2D eigenvalue weighted by Gasteiger charge is 2.13. The van der Waals surface area contributed by atoms with Gasteiger partial charge in [-0.3, -0.25) is 4.79 Å². The van der Waals surface area contributed by atoms with Gasteiger partial charge in [0.05, 0.1) is 21.9 Å². The molecule has 0 radical (unpaired) electrons. The number of rotatable bonds is 7. The van der Waals surface area contributed by atoms with Crippen LogP contribution in [0, 0.1) is 13.8 Å². The fraction of sp³-hybridized carbons (Fsp3) is 0.182. The molecule has 0 atom stereocenters. The minimum absolute atomic E-state index is 0.114. The zero-order chi connectivity index (χ0) is 20.8. The SMILES string of the molecule is Cc1cc(/C=N\NC(=O)CCSc2ccccc2)c(C)n1-c1cccc(Cl)c1Cl. The lowest BCUT2D eigenvalue weighted by atomic mass is 10.2. The van der Waals surface area contributed by atoms with E-state index in [0.29, 0.717) is 22.2 Å². The second-order valence-electron chi connectivity index (χ2n) is 6.44. The van der Waals surface area contributed by atoms with E-state index in [1.54, 1.807) is 24.0 Å². The molecule has 4 nitrogen and oxygen atoms in total. The van der Waals surface area contributed by atoms with E-state index in [9.17, 15) is 4.79 Å². The lowest BCUT2D eigenvalue weighted by Gasteiger charge is -2.12. The summed E-state index contributed by atoms with van der Waals surface area (Å²) in [7, 11) is 0. The number of aromatic nitrogens is 1. The molecule has 29 heavy (non-hydrogen) atoms. The molecule has 0 saturated heterocycles. The summed E-state index contributed by atoms with van der Waals surface area (Å²) in [5.41, 5.74) is 6.27. The van der Waals surface area contributed by atoms with Gasteiger partial charge in [-0.2, -0.15) is 5.10 Å². The summed E-state index contributed by atoms with van der Waals surface area (Å²) >= 11 is 14.2. The zero-order valence-corrected chi connectivity index (χ0v) is 18.5. The molecule has 150 valence electrons. The molecule has 0 aliphatic carbocycles. The minimum atomic E-state index is -0.114. The summed E-state index contributed by atoms with van der Waals surface area (Å²) in [6.07, 6.45) is 2.05. The number of carbonyl (C=O) groups is 1. The van der Waals surface area contributed by atoms with Gasteiger partial charge >= 0.3 is 0 Å². The Hall–Kier alpha value is -2.21. The van der Waals surface area contributed by atoms with E-state index >= 15 is 0 Å². The zero-order valence-electron chi connectivity index (χ0n) is 16.2. The van der Waals surface area contributed by atoms with E-state index in [4.69, 9.17) is 23.2 Å². The van der Waals surface area contributed by atoms with Crippen LogP contribution >= 0.6 is 35.0 Å². The molecule has 0 unspecified atom stereocenters. The van der Waals surface area contributed by atoms with Crippen LogP contribution < -0.4 is 5.43 Å². The number of hydrogen-bond acceptors (Lipinski definition) is 3. The molecule has 0 saturated carbocycles. The minimum Gasteiger partial charge on any atom is -0.316 e. The van der Waals surface area contributed by atoms with Crippen molar-refractivity contribution in [3.63, 3.8) is 0 Å². The van der Waals surface area contributed by atoms with Crippen molar-refractivity contribution in [2.75, 3.05) is 5.75 Å². The molecule has 2 aromatic carbocycles. The first-order chi connectivity index (χ1) is 14.0. The smallest absolute Gasteiger partial charge is 0.240 e. The maximum absolute atomic E-state index is 12.0. The van der Waals surface area contributed by atoms with Gasteiger partial charge in [-0.05, 0) is 44.2 Å². The number of benzene rings is 2. The number of nitrogens with one attached hydrogen (secondary N) is 1. The summed E-state index contributed by atoms with van der Waals surface area (Å²) in [6.45, 7) is 3.96. The van der Waals surface area contributed by atoms with Crippen LogP contribution in [-0.2, 0) is 4.79 Å². The Kier molecular flexibility index (Phi) is 7.42. The fourth-order valence-corrected chi connectivity index (χ4v) is 4.21. The van der Waals surface area contributed by atoms with E-state index in [-0.39, 0.29) is 5.91 Å². The highest BCUT2D eigenvalue weighted by atomic mass is 35.5. The van der Waals surface area contributed by atoms with Crippen molar-refractivity contribution in [1.29, 1.82) is 0 Å². The Morgan fingerprint density at radius 3 is 2.66 bits per heavy atom. The van der Waals surface area contributed by atoms with Crippen molar-refractivity contribution in [2.24, 2.45) is 5.10 Å². The van der Waals surface area contributed by atoms with Gasteiger partial charge in [-0.15, -0.1) is 11.8 Å². The van der Waals surface area contributed by atoms with Crippen LogP contribution in [0.4, 0.5) is 0 Å². The number of thioether (sulfide) groups is 1. The van der Waals surface area contributed by atoms with Crippen molar-refractivity contribution in [3.8, 4) is 5.69 Å². The predicted octanol–water partition coefficient (Wildman–Crippen LogP) is 6.03. The summed E-state index contributed by atoms with van der Waals surface area (Å²) in [6, 6.07) is 17.5. The molecule has 0 spiro atoms. The number of amides is 1. The quantitative estimate of drug-likeness (QED) is 0.274. The number of aryl methyl sites for hydroxylation is 1. The third kappa shape index (κ3) is 5.44. The van der Waals surface area contributed by atoms with Crippen molar-refractivity contribution in [2.45, 2.75) is 25.2 Å². The molecular weight excluding hydrogens is 425 g/mol. The molecule has 0 bridgehead atoms. The van der Waals surface area contributed by atoms with Crippen molar-refractivity contribution in [1.82, 2.24) is 9.99 Å². The Morgan fingerprint density at radius 2 is 1.90 bits per heavy atom. The van der Waals surface area contributed by atoms with E-state index in [1.165, 1.54) is 0 Å². The van der Waals surface area contributed by atoms with Crippen LogP contribution in [0.5, 0.6) is 0 Å². The van der Waals surface area contributed by atoms with Gasteiger partial charge < -0.3 is 4.57 Å². The van der Waals surface area contributed by atoms with Crippen LogP contribution in [0.15, 0.2) is 64.6 Å². The van der Waals surface area contributed by atoms with Gasteiger partial charge in [-0.1, -0.05) is 47.5 Å². The maximum atomic E-state index is 12.0. The monoisotopic (exact) mass is 445 g/mol. The average molecular weight is 446 g/mol. The number of carbonyl (C=O) groups excluding carboxylic acids is 1. The Labute approximate surface area is 184 Å². The number of halogens is 2. The lowest BCUT2D eigenvalue weighted by Crippen LogP contribution is -2.17. The molecule has 0 aliphatic heterocycles. The number of nitrogens with zero attached hydrogens (tertiary/aromatic N) is 2. The van der Waals surface area contributed by atoms with Crippen LogP contribution in [0.25, 0.3) is 5.69 Å². The molecule has 7 heteroatoms. The molecule has 1 aromatic heterocycles. The van der Waals surface area contributed by atoms with Gasteiger partial charge in [0.25, 0.3) is 0 Å². The predicted molar refractivity (Wildman–Crippen MR) is 123 cm³/mol. The summed E-state index contributed by atoms with van der Waals surface area (Å²) in [5.74, 6) is 0.587. The van der Waals surface area contributed by atoms with Gasteiger partial charge in [0, 0.05) is 34.0 Å². The molecule has 3 aromatic rings. The molecule has 1 heterocycles. The Balaban J connectivity index is 1.61. The van der Waals surface area contributed by atoms with Crippen LogP contribution in [0.1, 0.15) is 23.4 Å². The molecular formula is C22H21Cl2N3OS. The van der Waals surface area contributed by atoms with Gasteiger partial charge in [0.2, 0.25) is 5.91 Å². The van der Waals surface area contributed by atoms with E-state index in [1.807, 2.05) is 66.9 Å². The molecule has 1 N–H and O–H groups in total. The van der Waals surface area contributed by atoms with Gasteiger partial charge in [0.1, 0.15) is 0 Å². The van der Waals surface area contributed by atoms with Crippen molar-refractivity contribution >= 4 is 47.1 Å². The van der Waals surface area contributed by atoms with Crippen molar-refractivity contribution in [3.05, 3.63) is 81.6 Å². The Morgan fingerprint density at radius 1 is 1.14 bits per heavy atom. The second-order valence-corrected chi connectivity index (χ2v) is 8.39. The first-order valence-corrected chi connectivity index (χ1v) is 10.8. The topological polar surface area (TPSA) is 46.4 Å². The second kappa shape index (κ2) is 10.0. The summed E-state index contributed by atoms with van der Waals surface area (Å²) < 4.78 is 2.02. The molecule has 0 fully saturated rings. The lowest BCUT2D eigenvalue weighted by molar-refractivity contribution is -0.120. The first-order valence-electron chi connectivity index (χ1n) is 9.10. The van der Waals surface area contributed by atoms with Crippen molar-refractivity contribution < 1.29 is 4.79 Å². The number of hydrogen-bond donors (Lipinski definition) is 1. The fourth-order valence-electron chi connectivity index (χ4n) is 2.96. The van der Waals surface area contributed by atoms with E-state index in [2.05, 4.69) is 10.5 Å². The normalized spacial score (nSPS) is 11.2. The van der Waals surface area contributed by atoms with Crippen LogP contribution in [0.3, 0.4) is 0 Å². The summed E-state index contributed by atoms with van der Waals surface area (Å²) in [4.78, 5) is 13.2. The van der Waals surface area contributed by atoms with E-state index < -0.39 is 0 Å². The highest BCUT2D eigenvalue weighted by molar-refractivity contribution is 7.99. The van der Waals surface area contributed by atoms with Crippen LogP contribution in [0.2, 0.25) is 10.0 Å². The molecule has 0 aliphatic rings. The first kappa shape index (κ1) is 21.5. The third-order valence-corrected chi connectivity index (χ3v) is 6.20. The highest BCUT2D eigenvalue weighted by Crippen LogP contribution is 2.31.